The smallest absolute Gasteiger partial charge is 0.280 e. The zero-order valence-corrected chi connectivity index (χ0v) is 9.90. The van der Waals surface area contributed by atoms with E-state index in [1.807, 2.05) is 0 Å². The first kappa shape index (κ1) is 13.6. The van der Waals surface area contributed by atoms with Gasteiger partial charge in [0.25, 0.3) is 12.2 Å². The van der Waals surface area contributed by atoms with Crippen LogP contribution in [0.15, 0.2) is 11.2 Å². The lowest BCUT2D eigenvalue weighted by atomic mass is 10.1. The molecule has 1 aromatic heterocycles. The molecule has 1 fully saturated rings. The number of amidine groups is 1. The molecule has 1 unspecified atom stereocenters. The van der Waals surface area contributed by atoms with Crippen LogP contribution >= 0.6 is 0 Å². The van der Waals surface area contributed by atoms with Gasteiger partial charge in [0, 0.05) is 0 Å². The monoisotopic (exact) mass is 272 g/mol. The highest BCUT2D eigenvalue weighted by Gasteiger charge is 2.45. The molecule has 2 rings (SSSR count). The molecular formula is C10H15FN5O3+. The average molecular weight is 272 g/mol. The number of hydrogen-bond acceptors (Lipinski definition) is 4. The Balaban J connectivity index is 2.20. The number of aliphatic hydroxyl groups is 2. The summed E-state index contributed by atoms with van der Waals surface area (Å²) in [7, 11) is 0. The number of aromatic amines is 1. The summed E-state index contributed by atoms with van der Waals surface area (Å²) in [6.45, 7) is -0.467. The molecule has 0 saturated carbocycles. The minimum Gasteiger partial charge on any atom is -0.394 e. The molecule has 4 atom stereocenters. The fraction of sp³-hybridized carbons (Fsp3) is 0.500. The van der Waals surface area contributed by atoms with Crippen LogP contribution in [0.4, 0.5) is 4.39 Å². The number of hydrogen-bond donors (Lipinski definition) is 5. The highest BCUT2D eigenvalue weighted by molar-refractivity contribution is 5.97. The van der Waals surface area contributed by atoms with Crippen molar-refractivity contribution in [3.05, 3.63) is 17.7 Å². The van der Waals surface area contributed by atoms with E-state index in [1.165, 1.54) is 6.20 Å². The minimum absolute atomic E-state index is 0.0430. The number of ether oxygens (including phenoxy) is 1. The predicted octanol–water partition coefficient (Wildman–Crippen LogP) is -2.97. The van der Waals surface area contributed by atoms with Crippen molar-refractivity contribution in [1.29, 1.82) is 0 Å². The van der Waals surface area contributed by atoms with E-state index in [0.29, 0.717) is 5.69 Å². The van der Waals surface area contributed by atoms with Crippen molar-refractivity contribution in [1.82, 2.24) is 9.97 Å². The number of rotatable bonds is 4. The lowest BCUT2D eigenvalue weighted by molar-refractivity contribution is -0.106. The standard InChI is InChI=1S/C10H14FN5O3/c11-6-7(18)5(2-17)19-8(6)4-1-14-10(16-4)9(13)15-3-12/h1,3,5-8,17-18H,2H2,(H,14,16)(H3,12,13,15)/p+1/t5?,6-,7-,8+/m1/s1. The van der Waals surface area contributed by atoms with Crippen LogP contribution in [0.1, 0.15) is 17.6 Å². The van der Waals surface area contributed by atoms with Crippen LogP contribution in [0.5, 0.6) is 0 Å². The van der Waals surface area contributed by atoms with Crippen LogP contribution in [0.25, 0.3) is 0 Å². The molecule has 1 aliphatic rings. The Labute approximate surface area is 107 Å². The molecular weight excluding hydrogens is 257 g/mol. The third-order valence-corrected chi connectivity index (χ3v) is 2.86. The molecule has 0 radical (unpaired) electrons. The quantitative estimate of drug-likeness (QED) is 0.294. The SMILES string of the molecule is NC(=NC=[NH2+])c1ncc([C@@H]2OC(CO)[C@@H](O)[C@H]2F)[nH]1. The zero-order chi connectivity index (χ0) is 14.0. The van der Waals surface area contributed by atoms with Crippen LogP contribution in [-0.2, 0) is 4.74 Å². The van der Waals surface area contributed by atoms with Gasteiger partial charge in [0.2, 0.25) is 5.82 Å². The van der Waals surface area contributed by atoms with E-state index in [2.05, 4.69) is 15.0 Å². The molecule has 9 heteroatoms. The minimum atomic E-state index is -1.66. The molecule has 1 saturated heterocycles. The molecule has 0 aromatic carbocycles. The number of halogens is 1. The van der Waals surface area contributed by atoms with Crippen molar-refractivity contribution >= 4 is 12.2 Å². The normalized spacial score (nSPS) is 31.6. The van der Waals surface area contributed by atoms with Gasteiger partial charge in [-0.25, -0.2) is 9.37 Å². The van der Waals surface area contributed by atoms with E-state index in [9.17, 15) is 9.50 Å². The molecule has 0 aliphatic carbocycles. The largest absolute Gasteiger partial charge is 0.394 e. The Morgan fingerprint density at radius 3 is 3.05 bits per heavy atom. The summed E-state index contributed by atoms with van der Waals surface area (Å²) < 4.78 is 19.1. The van der Waals surface area contributed by atoms with Crippen LogP contribution in [-0.4, -0.2) is 57.3 Å². The molecule has 2 heterocycles. The Hall–Kier alpha value is -1.84. The van der Waals surface area contributed by atoms with Crippen molar-refractivity contribution in [2.45, 2.75) is 24.5 Å². The lowest BCUT2D eigenvalue weighted by Gasteiger charge is -2.09. The summed E-state index contributed by atoms with van der Waals surface area (Å²) in [5.41, 5.74) is 5.85. The van der Waals surface area contributed by atoms with E-state index >= 15 is 0 Å². The first-order valence-electron chi connectivity index (χ1n) is 5.59. The van der Waals surface area contributed by atoms with Gasteiger partial charge in [-0.05, 0) is 4.99 Å². The van der Waals surface area contributed by atoms with Gasteiger partial charge in [-0.3, -0.25) is 5.41 Å². The van der Waals surface area contributed by atoms with Crippen molar-refractivity contribution in [2.24, 2.45) is 10.7 Å². The number of nitrogens with zero attached hydrogens (tertiary/aromatic N) is 2. The Bertz CT molecular complexity index is 491. The van der Waals surface area contributed by atoms with E-state index in [1.54, 1.807) is 0 Å². The summed E-state index contributed by atoms with van der Waals surface area (Å²) in [4.78, 5) is 10.3. The Morgan fingerprint density at radius 1 is 1.74 bits per heavy atom. The number of aliphatic imine (C=N–C) groups is 1. The third-order valence-electron chi connectivity index (χ3n) is 2.86. The number of nitrogens with two attached hydrogens (primary N) is 2. The number of imidazole rings is 1. The Kier molecular flexibility index (Phi) is 3.88. The first-order chi connectivity index (χ1) is 9.08. The van der Waals surface area contributed by atoms with Crippen molar-refractivity contribution in [2.75, 3.05) is 6.61 Å². The molecule has 0 amide bonds. The Morgan fingerprint density at radius 2 is 2.47 bits per heavy atom. The summed E-state index contributed by atoms with van der Waals surface area (Å²) in [6, 6.07) is 0. The van der Waals surface area contributed by atoms with Gasteiger partial charge < -0.3 is 25.7 Å². The van der Waals surface area contributed by atoms with E-state index in [-0.39, 0.29) is 11.7 Å². The summed E-state index contributed by atoms with van der Waals surface area (Å²) in [6.07, 6.45) is -2.71. The zero-order valence-electron chi connectivity index (χ0n) is 9.90. The van der Waals surface area contributed by atoms with Gasteiger partial charge in [-0.15, -0.1) is 0 Å². The van der Waals surface area contributed by atoms with Crippen molar-refractivity contribution < 1.29 is 24.7 Å². The molecule has 19 heavy (non-hydrogen) atoms. The lowest BCUT2D eigenvalue weighted by Crippen LogP contribution is -2.30. The number of aliphatic hydroxyl groups excluding tert-OH is 2. The van der Waals surface area contributed by atoms with Crippen LogP contribution in [0, 0.1) is 0 Å². The average Bonchev–Trinajstić information content (AvgIpc) is 2.97. The summed E-state index contributed by atoms with van der Waals surface area (Å²) >= 11 is 0. The van der Waals surface area contributed by atoms with E-state index in [0.717, 1.165) is 6.34 Å². The maximum Gasteiger partial charge on any atom is 0.280 e. The molecule has 1 aromatic rings. The van der Waals surface area contributed by atoms with Gasteiger partial charge in [-0.1, -0.05) is 0 Å². The molecule has 8 nitrogen and oxygen atoms in total. The second-order valence-electron chi connectivity index (χ2n) is 4.06. The van der Waals surface area contributed by atoms with Gasteiger partial charge in [0.05, 0.1) is 18.5 Å². The third kappa shape index (κ3) is 2.48. The van der Waals surface area contributed by atoms with E-state index in [4.69, 9.17) is 21.0 Å². The number of aromatic nitrogens is 2. The topological polar surface area (TPSA) is 142 Å². The maximum absolute atomic E-state index is 13.8. The van der Waals surface area contributed by atoms with Crippen LogP contribution < -0.4 is 11.1 Å². The molecule has 0 spiro atoms. The van der Waals surface area contributed by atoms with Gasteiger partial charge >= 0.3 is 0 Å². The van der Waals surface area contributed by atoms with Gasteiger partial charge in [-0.2, -0.15) is 0 Å². The molecule has 1 aliphatic heterocycles. The maximum atomic E-state index is 13.8. The second-order valence-corrected chi connectivity index (χ2v) is 4.06. The highest BCUT2D eigenvalue weighted by Crippen LogP contribution is 2.34. The molecule has 0 bridgehead atoms. The van der Waals surface area contributed by atoms with E-state index < -0.39 is 31.1 Å². The van der Waals surface area contributed by atoms with Crippen LogP contribution in [0.3, 0.4) is 0 Å². The molecule has 7 N–H and O–H groups in total. The summed E-state index contributed by atoms with van der Waals surface area (Å²) in [5, 5.41) is 23.6. The van der Waals surface area contributed by atoms with Crippen LogP contribution in [0.2, 0.25) is 0 Å². The van der Waals surface area contributed by atoms with Gasteiger partial charge in [0.1, 0.15) is 18.3 Å². The highest BCUT2D eigenvalue weighted by atomic mass is 19.1. The summed E-state index contributed by atoms with van der Waals surface area (Å²) in [5.74, 6) is 0.260. The number of alkyl halides is 1. The predicted molar refractivity (Wildman–Crippen MR) is 62.9 cm³/mol. The van der Waals surface area contributed by atoms with Crippen molar-refractivity contribution in [3.8, 4) is 0 Å². The fourth-order valence-corrected chi connectivity index (χ4v) is 1.88. The number of nitrogens with one attached hydrogen (secondary N) is 1. The first-order valence-corrected chi connectivity index (χ1v) is 5.59. The second kappa shape index (κ2) is 5.43. The number of H-pyrrole nitrogens is 1. The fourth-order valence-electron chi connectivity index (χ4n) is 1.88. The van der Waals surface area contributed by atoms with Gasteiger partial charge in [0.15, 0.2) is 6.17 Å². The van der Waals surface area contributed by atoms with Crippen molar-refractivity contribution in [3.63, 3.8) is 0 Å². The molecule has 104 valence electrons.